The minimum absolute atomic E-state index is 0.250. The molecule has 0 saturated carbocycles. The fraction of sp³-hybridized carbons (Fsp3) is 0.529. The van der Waals surface area contributed by atoms with Crippen molar-refractivity contribution in [3.8, 4) is 0 Å². The van der Waals surface area contributed by atoms with Gasteiger partial charge in [-0.05, 0) is 12.5 Å². The number of rotatable bonds is 6. The van der Waals surface area contributed by atoms with E-state index in [4.69, 9.17) is 0 Å². The van der Waals surface area contributed by atoms with Crippen LogP contribution in [0.15, 0.2) is 30.3 Å². The standard InChI is InChI=1S/C17H15F9N2O4/c1-2-32-11(29)9-10(8-6-4-3-5-7-8)27-12(30)28-13(9,31)14(18,19)15(20,21)16(22,23)17(24,25)26/h3-7,9-10,31H,2H2,1H3,(H2,27,28,30)/t9-,10-,13-/m0/s1. The summed E-state index contributed by atoms with van der Waals surface area (Å²) in [4.78, 5) is 24.2. The van der Waals surface area contributed by atoms with Crippen molar-refractivity contribution in [1.82, 2.24) is 10.6 Å². The zero-order valence-electron chi connectivity index (χ0n) is 15.8. The molecule has 0 bridgehead atoms. The number of carbonyl (C=O) groups is 2. The lowest BCUT2D eigenvalue weighted by Crippen LogP contribution is -2.80. The zero-order chi connectivity index (χ0) is 24.8. The summed E-state index contributed by atoms with van der Waals surface area (Å²) in [7, 11) is 0. The Morgan fingerprint density at radius 2 is 1.56 bits per heavy atom. The van der Waals surface area contributed by atoms with Gasteiger partial charge in [0.25, 0.3) is 0 Å². The lowest BCUT2D eigenvalue weighted by molar-refractivity contribution is -0.423. The molecule has 6 nitrogen and oxygen atoms in total. The summed E-state index contributed by atoms with van der Waals surface area (Å²) in [5, 5.41) is 13.1. The molecule has 1 heterocycles. The number of nitrogens with one attached hydrogen (secondary N) is 2. The van der Waals surface area contributed by atoms with Crippen LogP contribution in [0.4, 0.5) is 44.3 Å². The molecule has 0 spiro atoms. The first-order valence-electron chi connectivity index (χ1n) is 8.68. The molecule has 0 radical (unpaired) electrons. The molecule has 1 saturated heterocycles. The van der Waals surface area contributed by atoms with Gasteiger partial charge in [-0.3, -0.25) is 4.79 Å². The van der Waals surface area contributed by atoms with Crippen molar-refractivity contribution in [2.45, 2.75) is 42.6 Å². The Bertz CT molecular complexity index is 863. The van der Waals surface area contributed by atoms with Gasteiger partial charge in [-0.25, -0.2) is 4.79 Å². The number of aliphatic hydroxyl groups is 1. The molecule has 180 valence electrons. The van der Waals surface area contributed by atoms with E-state index in [-0.39, 0.29) is 5.56 Å². The Balaban J connectivity index is 2.75. The summed E-state index contributed by atoms with van der Waals surface area (Å²) in [6, 6.07) is 2.12. The minimum atomic E-state index is -7.36. The Labute approximate surface area is 173 Å². The van der Waals surface area contributed by atoms with Crippen molar-refractivity contribution < 1.29 is 58.9 Å². The highest BCUT2D eigenvalue weighted by Crippen LogP contribution is 2.58. The molecule has 1 aromatic rings. The van der Waals surface area contributed by atoms with Crippen LogP contribution in [0.3, 0.4) is 0 Å². The Hall–Kier alpha value is -2.71. The number of esters is 1. The molecule has 15 heteroatoms. The van der Waals surface area contributed by atoms with Crippen molar-refractivity contribution >= 4 is 12.0 Å². The third-order valence-electron chi connectivity index (χ3n) is 4.70. The second kappa shape index (κ2) is 8.01. The van der Waals surface area contributed by atoms with Crippen molar-refractivity contribution in [1.29, 1.82) is 0 Å². The van der Waals surface area contributed by atoms with Gasteiger partial charge in [0.15, 0.2) is 0 Å². The van der Waals surface area contributed by atoms with Gasteiger partial charge in [0, 0.05) is 0 Å². The third-order valence-corrected chi connectivity index (χ3v) is 4.70. The van der Waals surface area contributed by atoms with E-state index < -0.39 is 60.2 Å². The van der Waals surface area contributed by atoms with E-state index >= 15 is 0 Å². The first-order chi connectivity index (χ1) is 14.5. The fourth-order valence-corrected chi connectivity index (χ4v) is 3.12. The maximum Gasteiger partial charge on any atom is 0.460 e. The largest absolute Gasteiger partial charge is 0.466 e. The number of amides is 2. The number of hydrogen-bond acceptors (Lipinski definition) is 4. The van der Waals surface area contributed by atoms with E-state index in [9.17, 15) is 54.2 Å². The minimum Gasteiger partial charge on any atom is -0.466 e. The third kappa shape index (κ3) is 3.71. The van der Waals surface area contributed by atoms with E-state index in [2.05, 4.69) is 4.74 Å². The van der Waals surface area contributed by atoms with E-state index in [0.717, 1.165) is 24.4 Å². The molecule has 1 aromatic carbocycles. The molecule has 3 atom stereocenters. The Kier molecular flexibility index (Phi) is 6.39. The number of benzene rings is 1. The number of carbonyl (C=O) groups excluding carboxylic acids is 2. The fourth-order valence-electron chi connectivity index (χ4n) is 3.12. The quantitative estimate of drug-likeness (QED) is 0.429. The van der Waals surface area contributed by atoms with Gasteiger partial charge in [0.2, 0.25) is 5.72 Å². The van der Waals surface area contributed by atoms with Gasteiger partial charge in [-0.15, -0.1) is 0 Å². The molecule has 3 N–H and O–H groups in total. The van der Waals surface area contributed by atoms with Gasteiger partial charge in [0.05, 0.1) is 12.6 Å². The molecular formula is C17H15F9N2O4. The molecule has 0 aliphatic carbocycles. The van der Waals surface area contributed by atoms with Crippen LogP contribution in [0.2, 0.25) is 0 Å². The number of alkyl halides is 9. The summed E-state index contributed by atoms with van der Waals surface area (Å²) < 4.78 is 127. The molecule has 2 rings (SSSR count). The molecule has 1 aliphatic heterocycles. The van der Waals surface area contributed by atoms with E-state index in [1.54, 1.807) is 0 Å². The van der Waals surface area contributed by atoms with Gasteiger partial charge in [-0.2, -0.15) is 39.5 Å². The summed E-state index contributed by atoms with van der Waals surface area (Å²) in [5.41, 5.74) is -5.18. The first kappa shape index (κ1) is 25.5. The van der Waals surface area contributed by atoms with Crippen molar-refractivity contribution in [3.05, 3.63) is 35.9 Å². The maximum absolute atomic E-state index is 14.8. The molecule has 1 aliphatic rings. The van der Waals surface area contributed by atoms with Crippen LogP contribution in [-0.2, 0) is 9.53 Å². The van der Waals surface area contributed by atoms with Gasteiger partial charge in [-0.1, -0.05) is 30.3 Å². The van der Waals surface area contributed by atoms with Crippen molar-refractivity contribution in [3.63, 3.8) is 0 Å². The van der Waals surface area contributed by atoms with E-state index in [1.807, 2.05) is 5.32 Å². The zero-order valence-corrected chi connectivity index (χ0v) is 15.8. The molecular weight excluding hydrogens is 467 g/mol. The number of hydrogen-bond donors (Lipinski definition) is 3. The van der Waals surface area contributed by atoms with E-state index in [0.29, 0.717) is 0 Å². The summed E-state index contributed by atoms with van der Waals surface area (Å²) in [5.74, 6) is -26.3. The number of ether oxygens (including phenoxy) is 1. The van der Waals surface area contributed by atoms with E-state index in [1.165, 1.54) is 18.2 Å². The molecule has 32 heavy (non-hydrogen) atoms. The van der Waals surface area contributed by atoms with Crippen LogP contribution >= 0.6 is 0 Å². The van der Waals surface area contributed by atoms with Crippen molar-refractivity contribution in [2.24, 2.45) is 5.92 Å². The Morgan fingerprint density at radius 3 is 2.03 bits per heavy atom. The molecule has 0 unspecified atom stereocenters. The normalized spacial score (nSPS) is 25.0. The highest BCUT2D eigenvalue weighted by atomic mass is 19.4. The van der Waals surface area contributed by atoms with Crippen LogP contribution in [0, 0.1) is 5.92 Å². The lowest BCUT2D eigenvalue weighted by atomic mass is 9.76. The smallest absolute Gasteiger partial charge is 0.460 e. The summed E-state index contributed by atoms with van der Waals surface area (Å²) in [6.07, 6.45) is -7.18. The average Bonchev–Trinajstić information content (AvgIpc) is 2.66. The Morgan fingerprint density at radius 1 is 1.03 bits per heavy atom. The summed E-state index contributed by atoms with van der Waals surface area (Å²) >= 11 is 0. The van der Waals surface area contributed by atoms with Gasteiger partial charge in [0.1, 0.15) is 5.92 Å². The number of halogens is 9. The van der Waals surface area contributed by atoms with Gasteiger partial charge < -0.3 is 20.5 Å². The summed E-state index contributed by atoms with van der Waals surface area (Å²) in [6.45, 7) is 0.551. The maximum atomic E-state index is 14.8. The topological polar surface area (TPSA) is 87.7 Å². The highest BCUT2D eigenvalue weighted by molar-refractivity contribution is 5.83. The van der Waals surface area contributed by atoms with Crippen molar-refractivity contribution in [2.75, 3.05) is 6.61 Å². The van der Waals surface area contributed by atoms with Crippen LogP contribution in [-0.4, -0.2) is 53.4 Å². The predicted molar refractivity (Wildman–Crippen MR) is 86.8 cm³/mol. The SMILES string of the molecule is CCOC(=O)[C@@H]1[C@H](c2ccccc2)NC(=O)N[C@@]1(O)C(F)(F)C(F)(F)C(F)(F)C(F)(F)F. The second-order valence-electron chi connectivity index (χ2n) is 6.70. The lowest BCUT2D eigenvalue weighted by Gasteiger charge is -2.49. The molecule has 2 amide bonds. The average molecular weight is 482 g/mol. The highest BCUT2D eigenvalue weighted by Gasteiger charge is 2.88. The van der Waals surface area contributed by atoms with Gasteiger partial charge >= 0.3 is 35.9 Å². The van der Waals surface area contributed by atoms with Crippen LogP contribution < -0.4 is 10.6 Å². The van der Waals surface area contributed by atoms with Crippen LogP contribution in [0.25, 0.3) is 0 Å². The second-order valence-corrected chi connectivity index (χ2v) is 6.70. The first-order valence-corrected chi connectivity index (χ1v) is 8.68. The predicted octanol–water partition coefficient (Wildman–Crippen LogP) is 3.38. The number of urea groups is 1. The van der Waals surface area contributed by atoms with Crippen LogP contribution in [0.1, 0.15) is 18.5 Å². The van der Waals surface area contributed by atoms with Crippen LogP contribution in [0.5, 0.6) is 0 Å². The molecule has 1 fully saturated rings. The molecule has 0 aromatic heterocycles. The monoisotopic (exact) mass is 482 g/mol.